The van der Waals surface area contributed by atoms with Gasteiger partial charge < -0.3 is 9.62 Å². The summed E-state index contributed by atoms with van der Waals surface area (Å²) in [7, 11) is 0. The number of para-hydroxylation sites is 3. The maximum atomic E-state index is 5.22. The molecule has 0 spiro atoms. The summed E-state index contributed by atoms with van der Waals surface area (Å²) in [6.45, 7) is -0.108. The second-order valence-electron chi connectivity index (χ2n) is 9.88. The van der Waals surface area contributed by atoms with Crippen LogP contribution in [0.2, 0.25) is 0 Å². The van der Waals surface area contributed by atoms with E-state index in [1.165, 1.54) is 22.3 Å². The molecule has 2 aliphatic rings. The number of hydrogen-bond donors (Lipinski definition) is 0. The fraction of sp³-hybridized carbons (Fsp3) is 0. The molecule has 0 saturated carbocycles. The highest BCUT2D eigenvalue weighted by Gasteiger charge is 2.48. The molecule has 0 amide bonds. The van der Waals surface area contributed by atoms with Crippen molar-refractivity contribution in [3.63, 3.8) is 0 Å². The third-order valence-corrected chi connectivity index (χ3v) is 7.65. The first-order valence-electron chi connectivity index (χ1n) is 13.2. The van der Waals surface area contributed by atoms with Crippen LogP contribution in [0.25, 0.3) is 33.6 Å². The van der Waals surface area contributed by atoms with Crippen LogP contribution in [-0.4, -0.2) is 17.0 Å². The Morgan fingerprint density at radius 3 is 1.56 bits per heavy atom. The number of rotatable bonds is 3. The second-order valence-corrected chi connectivity index (χ2v) is 9.88. The fourth-order valence-corrected chi connectivity index (χ4v) is 5.94. The SMILES string of the molecule is c1ccc(-c2cc(-c3ccccc3)nc(N3B4c5ccccc5-c5ccccc5N4c4ccccc43)n2)cc1. The first kappa shape index (κ1) is 21.9. The van der Waals surface area contributed by atoms with E-state index in [1.54, 1.807) is 0 Å². The molecular weight excluding hydrogens is 475 g/mol. The average molecular weight is 498 g/mol. The monoisotopic (exact) mass is 498 g/mol. The lowest BCUT2D eigenvalue weighted by molar-refractivity contribution is 1.13. The van der Waals surface area contributed by atoms with Gasteiger partial charge in [0.25, 0.3) is 0 Å². The molecule has 0 fully saturated rings. The average Bonchev–Trinajstić information content (AvgIpc) is 3.38. The summed E-state index contributed by atoms with van der Waals surface area (Å²) in [6.07, 6.45) is 0. The number of nitrogens with zero attached hydrogens (tertiary/aromatic N) is 4. The van der Waals surface area contributed by atoms with E-state index in [9.17, 15) is 0 Å². The Bertz CT molecular complexity index is 1780. The lowest BCUT2D eigenvalue weighted by atomic mass is 9.60. The Morgan fingerprint density at radius 2 is 0.923 bits per heavy atom. The van der Waals surface area contributed by atoms with Crippen LogP contribution in [0.15, 0.2) is 140 Å². The Labute approximate surface area is 228 Å². The van der Waals surface area contributed by atoms with Gasteiger partial charge in [-0.15, -0.1) is 0 Å². The van der Waals surface area contributed by atoms with E-state index < -0.39 is 0 Å². The standard InChI is InChI=1S/C34H23BN4/c1-3-13-24(14-4-1)29-23-30(25-15-5-2-6-16-25)37-34(36-29)39-33-22-12-11-21-32(33)38-31-20-10-8-18-27(31)26-17-7-9-19-28(26)35(38)39/h1-23H. The number of aromatic nitrogens is 2. The second kappa shape index (κ2) is 8.71. The van der Waals surface area contributed by atoms with E-state index in [2.05, 4.69) is 137 Å². The molecule has 3 heterocycles. The van der Waals surface area contributed by atoms with Gasteiger partial charge in [0.05, 0.1) is 22.8 Å². The number of hydrogen-bond acceptors (Lipinski definition) is 4. The predicted molar refractivity (Wildman–Crippen MR) is 161 cm³/mol. The van der Waals surface area contributed by atoms with E-state index in [0.29, 0.717) is 5.95 Å². The molecule has 4 nitrogen and oxygen atoms in total. The molecule has 0 atom stereocenters. The van der Waals surface area contributed by atoms with E-state index >= 15 is 0 Å². The van der Waals surface area contributed by atoms with Gasteiger partial charge in [-0.25, -0.2) is 9.97 Å². The maximum absolute atomic E-state index is 5.22. The molecule has 182 valence electrons. The van der Waals surface area contributed by atoms with Crippen molar-refractivity contribution in [1.29, 1.82) is 0 Å². The van der Waals surface area contributed by atoms with Crippen molar-refractivity contribution in [1.82, 2.24) is 9.97 Å². The highest BCUT2D eigenvalue weighted by molar-refractivity contribution is 6.86. The molecule has 0 saturated heterocycles. The zero-order valence-corrected chi connectivity index (χ0v) is 21.1. The fourth-order valence-electron chi connectivity index (χ4n) is 5.94. The van der Waals surface area contributed by atoms with Gasteiger partial charge in [-0.1, -0.05) is 115 Å². The Balaban J connectivity index is 1.40. The number of benzene rings is 5. The van der Waals surface area contributed by atoms with Crippen molar-refractivity contribution in [2.75, 3.05) is 9.62 Å². The van der Waals surface area contributed by atoms with Gasteiger partial charge in [0.15, 0.2) is 0 Å². The predicted octanol–water partition coefficient (Wildman–Crippen LogP) is 7.48. The molecule has 0 N–H and O–H groups in total. The van der Waals surface area contributed by atoms with Gasteiger partial charge >= 0.3 is 6.98 Å². The Morgan fingerprint density at radius 1 is 0.436 bits per heavy atom. The quantitative estimate of drug-likeness (QED) is 0.237. The maximum Gasteiger partial charge on any atom is 0.423 e. The molecule has 5 heteroatoms. The number of fused-ring (bicyclic) bond motifs is 8. The summed E-state index contributed by atoms with van der Waals surface area (Å²) >= 11 is 0. The smallest absolute Gasteiger partial charge is 0.359 e. The van der Waals surface area contributed by atoms with E-state index in [0.717, 1.165) is 33.9 Å². The zero-order valence-electron chi connectivity index (χ0n) is 21.1. The Hall–Kier alpha value is -5.16. The molecule has 6 aromatic rings. The molecule has 39 heavy (non-hydrogen) atoms. The molecule has 8 rings (SSSR count). The van der Waals surface area contributed by atoms with Gasteiger partial charge in [-0.05, 0) is 35.3 Å². The number of anilines is 4. The Kier molecular flexibility index (Phi) is 4.89. The van der Waals surface area contributed by atoms with Crippen LogP contribution in [0.4, 0.5) is 23.0 Å². The van der Waals surface area contributed by atoms with Crippen LogP contribution in [0.3, 0.4) is 0 Å². The van der Waals surface area contributed by atoms with Crippen molar-refractivity contribution in [3.05, 3.63) is 140 Å². The summed E-state index contributed by atoms with van der Waals surface area (Å²) in [6, 6.07) is 48.8. The molecule has 0 aliphatic carbocycles. The summed E-state index contributed by atoms with van der Waals surface area (Å²) in [4.78, 5) is 15.2. The van der Waals surface area contributed by atoms with Crippen molar-refractivity contribution in [2.24, 2.45) is 0 Å². The summed E-state index contributed by atoms with van der Waals surface area (Å²) in [5.74, 6) is 0.685. The van der Waals surface area contributed by atoms with Gasteiger partial charge in [0.1, 0.15) is 0 Å². The third-order valence-electron chi connectivity index (χ3n) is 7.65. The van der Waals surface area contributed by atoms with Crippen LogP contribution >= 0.6 is 0 Å². The van der Waals surface area contributed by atoms with E-state index in [4.69, 9.17) is 9.97 Å². The van der Waals surface area contributed by atoms with Crippen LogP contribution in [-0.2, 0) is 0 Å². The van der Waals surface area contributed by atoms with Crippen molar-refractivity contribution < 1.29 is 0 Å². The highest BCUT2D eigenvalue weighted by atomic mass is 15.4. The molecule has 0 bridgehead atoms. The van der Waals surface area contributed by atoms with Crippen molar-refractivity contribution >= 4 is 35.5 Å². The lowest BCUT2D eigenvalue weighted by Gasteiger charge is -2.35. The van der Waals surface area contributed by atoms with Crippen LogP contribution in [0.1, 0.15) is 0 Å². The van der Waals surface area contributed by atoms with Crippen LogP contribution < -0.4 is 15.1 Å². The van der Waals surface area contributed by atoms with Gasteiger partial charge in [-0.3, -0.25) is 0 Å². The minimum Gasteiger partial charge on any atom is -0.359 e. The molecule has 2 aliphatic heterocycles. The largest absolute Gasteiger partial charge is 0.423 e. The normalized spacial score (nSPS) is 13.0. The molecule has 0 unspecified atom stereocenters. The summed E-state index contributed by atoms with van der Waals surface area (Å²) in [5, 5.41) is 0. The zero-order chi connectivity index (χ0) is 25.8. The van der Waals surface area contributed by atoms with Crippen molar-refractivity contribution in [2.45, 2.75) is 0 Å². The molecular formula is C34H23BN4. The minimum absolute atomic E-state index is 0.108. The van der Waals surface area contributed by atoms with Gasteiger partial charge in [0, 0.05) is 22.4 Å². The van der Waals surface area contributed by atoms with Gasteiger partial charge in [0.2, 0.25) is 5.95 Å². The van der Waals surface area contributed by atoms with E-state index in [-0.39, 0.29) is 6.98 Å². The van der Waals surface area contributed by atoms with E-state index in [1.807, 2.05) is 12.1 Å². The molecule has 1 aromatic heterocycles. The first-order chi connectivity index (χ1) is 19.4. The molecule has 0 radical (unpaired) electrons. The lowest BCUT2D eigenvalue weighted by Crippen LogP contribution is -2.56. The third kappa shape index (κ3) is 3.40. The first-order valence-corrected chi connectivity index (χ1v) is 13.2. The van der Waals surface area contributed by atoms with Crippen molar-refractivity contribution in [3.8, 4) is 33.6 Å². The minimum atomic E-state index is -0.108. The molecule has 5 aromatic carbocycles. The van der Waals surface area contributed by atoms with Gasteiger partial charge in [-0.2, -0.15) is 0 Å². The highest BCUT2D eigenvalue weighted by Crippen LogP contribution is 2.50. The topological polar surface area (TPSA) is 32.3 Å². The van der Waals surface area contributed by atoms with Crippen LogP contribution in [0, 0.1) is 0 Å². The summed E-state index contributed by atoms with van der Waals surface area (Å²) < 4.78 is 0. The van der Waals surface area contributed by atoms with Crippen LogP contribution in [0.5, 0.6) is 0 Å². The summed E-state index contributed by atoms with van der Waals surface area (Å²) in [5.41, 5.74) is 11.1.